The van der Waals surface area contributed by atoms with Crippen LogP contribution in [0, 0.1) is 0 Å². The van der Waals surface area contributed by atoms with Gasteiger partial charge in [0.2, 0.25) is 5.91 Å². The van der Waals surface area contributed by atoms with Crippen LogP contribution in [0.4, 0.5) is 0 Å². The van der Waals surface area contributed by atoms with Gasteiger partial charge in [-0.15, -0.1) is 0 Å². The molecule has 1 amide bonds. The van der Waals surface area contributed by atoms with Gasteiger partial charge in [-0.2, -0.15) is 0 Å². The Morgan fingerprint density at radius 2 is 1.86 bits per heavy atom. The lowest BCUT2D eigenvalue weighted by molar-refractivity contribution is -0.118. The molecule has 3 rings (SSSR count). The lowest BCUT2D eigenvalue weighted by Gasteiger charge is -2.12. The van der Waals surface area contributed by atoms with Crippen molar-refractivity contribution in [2.45, 2.75) is 51.2 Å². The highest BCUT2D eigenvalue weighted by atomic mass is 32.2. The van der Waals surface area contributed by atoms with Crippen molar-refractivity contribution in [1.82, 2.24) is 14.9 Å². The minimum atomic E-state index is -0.0549. The van der Waals surface area contributed by atoms with Crippen LogP contribution >= 0.6 is 11.8 Å². The number of nitrogens with one attached hydrogen (secondary N) is 1. The van der Waals surface area contributed by atoms with Crippen LogP contribution in [0.25, 0.3) is 21.7 Å². The summed E-state index contributed by atoms with van der Waals surface area (Å²) in [6.07, 6.45) is 4.52. The molecule has 0 spiro atoms. The Morgan fingerprint density at radius 3 is 2.57 bits per heavy atom. The Bertz CT molecular complexity index is 1030. The van der Waals surface area contributed by atoms with E-state index in [9.17, 15) is 9.59 Å². The summed E-state index contributed by atoms with van der Waals surface area (Å²) in [5.41, 5.74) is 0.622. The van der Waals surface area contributed by atoms with E-state index in [1.165, 1.54) is 24.6 Å². The van der Waals surface area contributed by atoms with E-state index in [1.807, 2.05) is 43.3 Å². The first-order valence-corrected chi connectivity index (χ1v) is 11.0. The summed E-state index contributed by atoms with van der Waals surface area (Å²) in [4.78, 5) is 29.8. The molecule has 2 aromatic carbocycles. The van der Waals surface area contributed by atoms with Crippen LogP contribution in [-0.4, -0.2) is 27.8 Å². The predicted octanol–water partition coefficient (Wildman–Crippen LogP) is 4.36. The maximum Gasteiger partial charge on any atom is 0.262 e. The van der Waals surface area contributed by atoms with Crippen molar-refractivity contribution in [3.63, 3.8) is 0 Å². The van der Waals surface area contributed by atoms with Crippen molar-refractivity contribution >= 4 is 39.3 Å². The molecule has 0 unspecified atom stereocenters. The number of aromatic nitrogens is 2. The number of thioether (sulfide) groups is 1. The molecular weight excluding hydrogens is 370 g/mol. The Balaban J connectivity index is 1.77. The second-order valence-corrected chi connectivity index (χ2v) is 7.80. The molecule has 28 heavy (non-hydrogen) atoms. The van der Waals surface area contributed by atoms with E-state index in [1.54, 1.807) is 4.57 Å². The predicted molar refractivity (Wildman–Crippen MR) is 117 cm³/mol. The van der Waals surface area contributed by atoms with Crippen molar-refractivity contribution in [3.8, 4) is 0 Å². The fourth-order valence-electron chi connectivity index (χ4n) is 3.24. The van der Waals surface area contributed by atoms with E-state index in [0.717, 1.165) is 23.6 Å². The van der Waals surface area contributed by atoms with E-state index in [2.05, 4.69) is 12.2 Å². The van der Waals surface area contributed by atoms with Gasteiger partial charge in [-0.05, 0) is 36.2 Å². The van der Waals surface area contributed by atoms with Crippen molar-refractivity contribution in [1.29, 1.82) is 0 Å². The first kappa shape index (κ1) is 20.4. The van der Waals surface area contributed by atoms with Crippen molar-refractivity contribution in [2.75, 3.05) is 12.3 Å². The highest BCUT2D eigenvalue weighted by Crippen LogP contribution is 2.22. The van der Waals surface area contributed by atoms with Crippen molar-refractivity contribution in [3.05, 3.63) is 46.8 Å². The van der Waals surface area contributed by atoms with Crippen LogP contribution in [0.2, 0.25) is 0 Å². The molecule has 5 nitrogen and oxygen atoms in total. The molecule has 0 saturated carbocycles. The number of unbranched alkanes of at least 4 members (excludes halogenated alkanes) is 3. The van der Waals surface area contributed by atoms with E-state index < -0.39 is 0 Å². The minimum absolute atomic E-state index is 0.0167. The van der Waals surface area contributed by atoms with Crippen LogP contribution in [0.15, 0.2) is 46.3 Å². The molecule has 1 heterocycles. The largest absolute Gasteiger partial charge is 0.355 e. The van der Waals surface area contributed by atoms with Crippen LogP contribution in [-0.2, 0) is 11.3 Å². The van der Waals surface area contributed by atoms with Gasteiger partial charge in [-0.3, -0.25) is 14.2 Å². The summed E-state index contributed by atoms with van der Waals surface area (Å²) in [6.45, 7) is 5.32. The van der Waals surface area contributed by atoms with Crippen LogP contribution < -0.4 is 10.9 Å². The standard InChI is InChI=1S/C22H27N3O2S/c1-3-5-6-9-12-23-20(26)15-28-22-24-19-14-17-11-8-7-10-16(17)13-18(19)21(27)25(22)4-2/h7-8,10-11,13-14H,3-6,9,12,15H2,1-2H3,(H,23,26). The molecule has 0 radical (unpaired) electrons. The molecule has 0 aliphatic heterocycles. The summed E-state index contributed by atoms with van der Waals surface area (Å²) in [5, 5.41) is 6.24. The summed E-state index contributed by atoms with van der Waals surface area (Å²) in [5.74, 6) is 0.247. The van der Waals surface area contributed by atoms with Crippen molar-refractivity contribution in [2.24, 2.45) is 0 Å². The molecule has 0 bridgehead atoms. The second kappa shape index (κ2) is 9.73. The van der Waals surface area contributed by atoms with Gasteiger partial charge >= 0.3 is 0 Å². The Kier molecular flexibility index (Phi) is 7.09. The van der Waals surface area contributed by atoms with Gasteiger partial charge in [-0.25, -0.2) is 4.98 Å². The molecule has 0 saturated heterocycles. The third kappa shape index (κ3) is 4.73. The van der Waals surface area contributed by atoms with Gasteiger partial charge in [0.25, 0.3) is 5.56 Å². The highest BCUT2D eigenvalue weighted by molar-refractivity contribution is 7.99. The van der Waals surface area contributed by atoms with Gasteiger partial charge in [0.1, 0.15) is 0 Å². The van der Waals surface area contributed by atoms with Gasteiger partial charge in [-0.1, -0.05) is 62.2 Å². The molecule has 148 valence electrons. The maximum absolute atomic E-state index is 13.0. The third-order valence-corrected chi connectivity index (χ3v) is 5.76. The highest BCUT2D eigenvalue weighted by Gasteiger charge is 2.13. The Morgan fingerprint density at radius 1 is 1.11 bits per heavy atom. The molecule has 0 fully saturated rings. The summed E-state index contributed by atoms with van der Waals surface area (Å²) < 4.78 is 1.65. The lowest BCUT2D eigenvalue weighted by atomic mass is 10.1. The number of nitrogens with zero attached hydrogens (tertiary/aromatic N) is 2. The minimum Gasteiger partial charge on any atom is -0.355 e. The number of hydrogen-bond donors (Lipinski definition) is 1. The number of amides is 1. The zero-order valence-corrected chi connectivity index (χ0v) is 17.3. The summed E-state index contributed by atoms with van der Waals surface area (Å²) in [7, 11) is 0. The van der Waals surface area contributed by atoms with Crippen LogP contribution in [0.5, 0.6) is 0 Å². The quantitative estimate of drug-likeness (QED) is 0.252. The first-order chi connectivity index (χ1) is 13.6. The summed E-state index contributed by atoms with van der Waals surface area (Å²) in [6, 6.07) is 11.8. The fourth-order valence-corrected chi connectivity index (χ4v) is 4.13. The second-order valence-electron chi connectivity index (χ2n) is 6.86. The molecule has 0 aliphatic rings. The van der Waals surface area contributed by atoms with E-state index >= 15 is 0 Å². The fraction of sp³-hybridized carbons (Fsp3) is 0.409. The lowest BCUT2D eigenvalue weighted by Crippen LogP contribution is -2.27. The normalized spacial score (nSPS) is 11.2. The van der Waals surface area contributed by atoms with E-state index in [4.69, 9.17) is 4.98 Å². The smallest absolute Gasteiger partial charge is 0.262 e. The molecule has 1 aromatic heterocycles. The van der Waals surface area contributed by atoms with Crippen LogP contribution in [0.3, 0.4) is 0 Å². The SMILES string of the molecule is CCCCCCNC(=O)CSc1nc2cc3ccccc3cc2c(=O)n1CC. The number of carbonyl (C=O) groups is 1. The van der Waals surface area contributed by atoms with Gasteiger partial charge in [0, 0.05) is 13.1 Å². The van der Waals surface area contributed by atoms with E-state index in [-0.39, 0.29) is 17.2 Å². The molecule has 6 heteroatoms. The van der Waals surface area contributed by atoms with Gasteiger partial charge < -0.3 is 5.32 Å². The molecule has 0 atom stereocenters. The molecule has 0 aliphatic carbocycles. The molecule has 1 N–H and O–H groups in total. The van der Waals surface area contributed by atoms with Gasteiger partial charge in [0.05, 0.1) is 16.7 Å². The Hall–Kier alpha value is -2.34. The number of benzene rings is 2. The number of hydrogen-bond acceptors (Lipinski definition) is 4. The zero-order chi connectivity index (χ0) is 19.9. The maximum atomic E-state index is 13.0. The van der Waals surface area contributed by atoms with E-state index in [0.29, 0.717) is 29.1 Å². The average molecular weight is 398 g/mol. The zero-order valence-electron chi connectivity index (χ0n) is 16.5. The number of rotatable bonds is 9. The Labute approximate surface area is 169 Å². The average Bonchev–Trinajstić information content (AvgIpc) is 2.71. The number of carbonyl (C=O) groups excluding carboxylic acids is 1. The topological polar surface area (TPSA) is 64.0 Å². The van der Waals surface area contributed by atoms with Crippen LogP contribution in [0.1, 0.15) is 39.5 Å². The van der Waals surface area contributed by atoms with Crippen molar-refractivity contribution < 1.29 is 4.79 Å². The van der Waals surface area contributed by atoms with Gasteiger partial charge in [0.15, 0.2) is 5.16 Å². The molecular formula is C22H27N3O2S. The molecule has 3 aromatic rings. The monoisotopic (exact) mass is 397 g/mol. The first-order valence-electron chi connectivity index (χ1n) is 9.97. The number of fused-ring (bicyclic) bond motifs is 2. The third-order valence-electron chi connectivity index (χ3n) is 4.79. The summed E-state index contributed by atoms with van der Waals surface area (Å²) >= 11 is 1.32.